The fourth-order valence-electron chi connectivity index (χ4n) is 5.32. The summed E-state index contributed by atoms with van der Waals surface area (Å²) in [6, 6.07) is 6.04. The molecule has 2 fully saturated rings. The zero-order valence-electron chi connectivity index (χ0n) is 20.8. The van der Waals surface area contributed by atoms with Crippen LogP contribution in [0.25, 0.3) is 0 Å². The van der Waals surface area contributed by atoms with Crippen LogP contribution in [0.3, 0.4) is 0 Å². The number of benzene rings is 1. The van der Waals surface area contributed by atoms with Gasteiger partial charge in [-0.25, -0.2) is 9.59 Å². The van der Waals surface area contributed by atoms with Crippen molar-refractivity contribution in [1.29, 1.82) is 0 Å². The number of likely N-dealkylation sites (tertiary alicyclic amines) is 1. The number of aryl methyl sites for hydroxylation is 1. The molecule has 8 nitrogen and oxygen atoms in total. The van der Waals surface area contributed by atoms with Gasteiger partial charge in [0.25, 0.3) is 5.91 Å². The van der Waals surface area contributed by atoms with Crippen molar-refractivity contribution >= 4 is 17.8 Å². The van der Waals surface area contributed by atoms with Gasteiger partial charge in [0.05, 0.1) is 18.8 Å². The van der Waals surface area contributed by atoms with Crippen LogP contribution in [0.2, 0.25) is 0 Å². The molecule has 0 aliphatic carbocycles. The molecule has 1 aromatic carbocycles. The molecule has 188 valence electrons. The Bertz CT molecular complexity index is 887. The molecule has 2 aliphatic heterocycles. The van der Waals surface area contributed by atoms with Crippen molar-refractivity contribution in [2.75, 3.05) is 19.8 Å². The zero-order valence-corrected chi connectivity index (χ0v) is 20.8. The number of amides is 1. The van der Waals surface area contributed by atoms with Crippen LogP contribution in [0, 0.1) is 18.3 Å². The molecule has 1 aromatic rings. The highest BCUT2D eigenvalue weighted by molar-refractivity contribution is 5.89. The molecule has 1 amide bonds. The largest absolute Gasteiger partial charge is 0.480 e. The smallest absolute Gasteiger partial charge is 0.329 e. The van der Waals surface area contributed by atoms with Gasteiger partial charge in [-0.15, -0.1) is 0 Å². The number of rotatable bonds is 7. The second kappa shape index (κ2) is 10.9. The molecule has 0 spiro atoms. The molecule has 0 radical (unpaired) electrons. The van der Waals surface area contributed by atoms with Crippen LogP contribution in [-0.4, -0.2) is 65.9 Å². The number of nitrogens with zero attached hydrogens (tertiary/aromatic N) is 1. The highest BCUT2D eigenvalue weighted by Gasteiger charge is 2.60. The lowest BCUT2D eigenvalue weighted by molar-refractivity contribution is -0.162. The molecule has 1 N–H and O–H groups in total. The van der Waals surface area contributed by atoms with Crippen LogP contribution in [0.5, 0.6) is 0 Å². The van der Waals surface area contributed by atoms with Crippen molar-refractivity contribution < 1.29 is 33.7 Å². The Balaban J connectivity index is 2.20. The highest BCUT2D eigenvalue weighted by atomic mass is 16.5. The van der Waals surface area contributed by atoms with Gasteiger partial charge in [0.15, 0.2) is 0 Å². The number of esters is 1. The molecule has 0 saturated carbocycles. The second-order valence-electron chi connectivity index (χ2n) is 10.2. The molecule has 2 saturated heterocycles. The highest BCUT2D eigenvalue weighted by Crippen LogP contribution is 2.50. The number of carboxylic acid groups (broad SMARTS) is 1. The molecule has 2 aliphatic rings. The monoisotopic (exact) mass is 475 g/mol. The van der Waals surface area contributed by atoms with E-state index in [0.717, 1.165) is 24.0 Å². The molecule has 2 heterocycles. The fraction of sp³-hybridized carbons (Fsp3) is 0.654. The summed E-state index contributed by atoms with van der Waals surface area (Å²) in [5, 5.41) is 9.40. The van der Waals surface area contributed by atoms with Gasteiger partial charge in [-0.2, -0.15) is 0 Å². The third kappa shape index (κ3) is 5.44. The van der Waals surface area contributed by atoms with E-state index in [4.69, 9.17) is 14.2 Å². The Hall–Kier alpha value is -2.45. The first-order valence-corrected chi connectivity index (χ1v) is 12.1. The van der Waals surface area contributed by atoms with Crippen molar-refractivity contribution in [2.24, 2.45) is 11.3 Å². The third-order valence-corrected chi connectivity index (χ3v) is 6.75. The topological polar surface area (TPSA) is 102 Å². The summed E-state index contributed by atoms with van der Waals surface area (Å²) in [4.78, 5) is 40.5. The molecule has 34 heavy (non-hydrogen) atoms. The van der Waals surface area contributed by atoms with Crippen LogP contribution < -0.4 is 0 Å². The minimum absolute atomic E-state index is 0.170. The maximum Gasteiger partial charge on any atom is 0.329 e. The predicted octanol–water partition coefficient (Wildman–Crippen LogP) is 3.51. The van der Waals surface area contributed by atoms with Crippen molar-refractivity contribution in [3.05, 3.63) is 35.4 Å². The summed E-state index contributed by atoms with van der Waals surface area (Å²) in [6.07, 6.45) is 0.952. The first-order chi connectivity index (χ1) is 16.1. The van der Waals surface area contributed by atoms with Crippen LogP contribution in [0.4, 0.5) is 0 Å². The fourth-order valence-corrected chi connectivity index (χ4v) is 5.32. The van der Waals surface area contributed by atoms with Crippen molar-refractivity contribution in [2.45, 2.75) is 78.2 Å². The van der Waals surface area contributed by atoms with E-state index >= 15 is 0 Å². The van der Waals surface area contributed by atoms with Gasteiger partial charge in [-0.05, 0) is 49.7 Å². The standard InChI is InChI=1S/C26H37NO7/c1-6-32-25(31)22-20(26(3,4)5)23(34-15-19(28)29)21(17-12-8-7-11-16(17)2)27(22)24(30)18-13-9-10-14-33-18/h7-8,11-12,18,20-23H,6,9-10,13-15H2,1-5H3,(H,28,29)/t18?,20-,21+,22+,23+/m1/s1. The average molecular weight is 476 g/mol. The van der Waals surface area contributed by atoms with E-state index in [9.17, 15) is 19.5 Å². The van der Waals surface area contributed by atoms with Gasteiger partial charge in [0.2, 0.25) is 0 Å². The van der Waals surface area contributed by atoms with Crippen molar-refractivity contribution in [1.82, 2.24) is 4.90 Å². The number of carbonyl (C=O) groups excluding carboxylic acids is 2. The number of carbonyl (C=O) groups is 3. The predicted molar refractivity (Wildman–Crippen MR) is 125 cm³/mol. The van der Waals surface area contributed by atoms with E-state index in [1.165, 1.54) is 0 Å². The van der Waals surface area contributed by atoms with Gasteiger partial charge in [-0.1, -0.05) is 45.0 Å². The molecule has 0 aromatic heterocycles. The van der Waals surface area contributed by atoms with E-state index in [2.05, 4.69) is 0 Å². The van der Waals surface area contributed by atoms with Crippen LogP contribution in [-0.2, 0) is 28.6 Å². The van der Waals surface area contributed by atoms with E-state index in [0.29, 0.717) is 13.0 Å². The molecule has 5 atom stereocenters. The van der Waals surface area contributed by atoms with Crippen molar-refractivity contribution in [3.63, 3.8) is 0 Å². The number of carboxylic acids is 1. The zero-order chi connectivity index (χ0) is 25.0. The number of aliphatic carboxylic acids is 1. The van der Waals surface area contributed by atoms with Gasteiger partial charge in [0, 0.05) is 12.5 Å². The van der Waals surface area contributed by atoms with E-state index in [-0.39, 0.29) is 12.5 Å². The number of hydrogen-bond donors (Lipinski definition) is 1. The molecular formula is C26H37NO7. The minimum atomic E-state index is -1.11. The summed E-state index contributed by atoms with van der Waals surface area (Å²) < 4.78 is 17.3. The summed E-state index contributed by atoms with van der Waals surface area (Å²) in [7, 11) is 0. The van der Waals surface area contributed by atoms with Crippen LogP contribution in [0.15, 0.2) is 24.3 Å². The number of hydrogen-bond acceptors (Lipinski definition) is 6. The molecular weight excluding hydrogens is 438 g/mol. The summed E-state index contributed by atoms with van der Waals surface area (Å²) in [5.41, 5.74) is 1.25. The lowest BCUT2D eigenvalue weighted by Gasteiger charge is -2.36. The summed E-state index contributed by atoms with van der Waals surface area (Å²) >= 11 is 0. The summed E-state index contributed by atoms with van der Waals surface area (Å²) in [5.74, 6) is -2.39. The van der Waals surface area contributed by atoms with Crippen LogP contribution >= 0.6 is 0 Å². The molecule has 0 bridgehead atoms. The lowest BCUT2D eigenvalue weighted by Crippen LogP contribution is -2.51. The van der Waals surface area contributed by atoms with Gasteiger partial charge in [0.1, 0.15) is 18.8 Å². The molecule has 8 heteroatoms. The van der Waals surface area contributed by atoms with E-state index in [1.807, 2.05) is 52.0 Å². The van der Waals surface area contributed by atoms with Gasteiger partial charge >= 0.3 is 11.9 Å². The second-order valence-corrected chi connectivity index (χ2v) is 10.2. The van der Waals surface area contributed by atoms with E-state index < -0.39 is 54.2 Å². The Morgan fingerprint density at radius 3 is 2.44 bits per heavy atom. The number of ether oxygens (including phenoxy) is 3. The first kappa shape index (κ1) is 26.2. The minimum Gasteiger partial charge on any atom is -0.480 e. The molecule has 3 rings (SSSR count). The first-order valence-electron chi connectivity index (χ1n) is 12.1. The molecule has 1 unspecified atom stereocenters. The normalized spacial score (nSPS) is 27.4. The van der Waals surface area contributed by atoms with Crippen LogP contribution in [0.1, 0.15) is 64.1 Å². The maximum atomic E-state index is 14.0. The Kier molecular flexibility index (Phi) is 8.36. The maximum absolute atomic E-state index is 14.0. The Labute approximate surface area is 201 Å². The third-order valence-electron chi connectivity index (χ3n) is 6.75. The van der Waals surface area contributed by atoms with Crippen molar-refractivity contribution in [3.8, 4) is 0 Å². The van der Waals surface area contributed by atoms with E-state index in [1.54, 1.807) is 11.8 Å². The lowest BCUT2D eigenvalue weighted by atomic mass is 9.73. The van der Waals surface area contributed by atoms with Gasteiger partial charge in [-0.3, -0.25) is 4.79 Å². The average Bonchev–Trinajstić information content (AvgIpc) is 3.13. The quantitative estimate of drug-likeness (QED) is 0.602. The summed E-state index contributed by atoms with van der Waals surface area (Å²) in [6.45, 7) is 9.72. The Morgan fingerprint density at radius 1 is 1.18 bits per heavy atom. The van der Waals surface area contributed by atoms with Gasteiger partial charge < -0.3 is 24.2 Å². The SMILES string of the molecule is CCOC(=O)[C@@H]1[C@@H](C(C)(C)C)[C@H](OCC(=O)O)[C@H](c2ccccc2C)N1C(=O)C1CCCCO1. The Morgan fingerprint density at radius 2 is 1.88 bits per heavy atom.